The highest BCUT2D eigenvalue weighted by Crippen LogP contribution is 2.13. The zero-order valence-electron chi connectivity index (χ0n) is 9.25. The van der Waals surface area contributed by atoms with Crippen LogP contribution < -0.4 is 5.32 Å². The number of carbonyl (C=O) groups is 1. The molecule has 0 atom stereocenters. The number of anilines is 1. The van der Waals surface area contributed by atoms with Crippen molar-refractivity contribution >= 4 is 11.8 Å². The maximum Gasteiger partial charge on any atom is 0.411 e. The van der Waals surface area contributed by atoms with Gasteiger partial charge < -0.3 is 4.74 Å². The van der Waals surface area contributed by atoms with Crippen molar-refractivity contribution in [2.24, 2.45) is 0 Å². The number of hydrogen-bond donors (Lipinski definition) is 1. The Labute approximate surface area is 90.4 Å². The van der Waals surface area contributed by atoms with E-state index in [1.54, 1.807) is 0 Å². The van der Waals surface area contributed by atoms with E-state index in [0.29, 0.717) is 6.61 Å². The van der Waals surface area contributed by atoms with E-state index in [-0.39, 0.29) is 6.09 Å². The maximum absolute atomic E-state index is 11.3. The van der Waals surface area contributed by atoms with Crippen LogP contribution in [-0.2, 0) is 4.74 Å². The molecule has 1 aromatic carbocycles. The Morgan fingerprint density at radius 3 is 2.80 bits per heavy atom. The Morgan fingerprint density at radius 2 is 2.13 bits per heavy atom. The lowest BCUT2D eigenvalue weighted by Gasteiger charge is -2.08. The molecule has 0 unspecified atom stereocenters. The van der Waals surface area contributed by atoms with E-state index in [4.69, 9.17) is 4.74 Å². The largest absolute Gasteiger partial charge is 0.449 e. The average molecular weight is 207 g/mol. The van der Waals surface area contributed by atoms with Crippen LogP contribution in [0.5, 0.6) is 0 Å². The topological polar surface area (TPSA) is 38.3 Å². The molecule has 1 aromatic rings. The van der Waals surface area contributed by atoms with Crippen molar-refractivity contribution in [3.63, 3.8) is 0 Å². The van der Waals surface area contributed by atoms with Gasteiger partial charge in [0.2, 0.25) is 0 Å². The summed E-state index contributed by atoms with van der Waals surface area (Å²) in [6, 6.07) is 7.62. The number of ether oxygens (including phenoxy) is 1. The van der Waals surface area contributed by atoms with Gasteiger partial charge in [-0.15, -0.1) is 0 Å². The zero-order chi connectivity index (χ0) is 11.1. The lowest BCUT2D eigenvalue weighted by molar-refractivity contribution is 0.160. The first-order valence-corrected chi connectivity index (χ1v) is 5.23. The van der Waals surface area contributed by atoms with Crippen molar-refractivity contribution in [3.8, 4) is 0 Å². The number of unbranched alkanes of at least 4 members (excludes halogenated alkanes) is 1. The van der Waals surface area contributed by atoms with Crippen LogP contribution >= 0.6 is 0 Å². The number of hydrogen-bond acceptors (Lipinski definition) is 2. The molecule has 82 valence electrons. The summed E-state index contributed by atoms with van der Waals surface area (Å²) in [6.45, 7) is 4.48. The van der Waals surface area contributed by atoms with E-state index >= 15 is 0 Å². The Bertz CT molecular complexity index is 323. The van der Waals surface area contributed by atoms with Crippen LogP contribution in [0.25, 0.3) is 0 Å². The summed E-state index contributed by atoms with van der Waals surface area (Å²) in [7, 11) is 0. The first-order chi connectivity index (χ1) is 7.24. The molecule has 3 nitrogen and oxygen atoms in total. The molecule has 0 heterocycles. The number of rotatable bonds is 4. The Balaban J connectivity index is 2.41. The minimum absolute atomic E-state index is 0.377. The average Bonchev–Trinajstić information content (AvgIpc) is 2.22. The van der Waals surface area contributed by atoms with Crippen LogP contribution in [0.2, 0.25) is 0 Å². The van der Waals surface area contributed by atoms with Gasteiger partial charge in [-0.25, -0.2) is 4.79 Å². The van der Waals surface area contributed by atoms with Crippen LogP contribution in [-0.4, -0.2) is 12.7 Å². The summed E-state index contributed by atoms with van der Waals surface area (Å²) < 4.78 is 4.99. The molecular weight excluding hydrogens is 190 g/mol. The molecule has 0 saturated heterocycles. The minimum Gasteiger partial charge on any atom is -0.449 e. The summed E-state index contributed by atoms with van der Waals surface area (Å²) in [5, 5.41) is 2.71. The molecule has 1 N–H and O–H groups in total. The van der Waals surface area contributed by atoms with Gasteiger partial charge in [0.15, 0.2) is 0 Å². The van der Waals surface area contributed by atoms with Gasteiger partial charge in [0.1, 0.15) is 0 Å². The van der Waals surface area contributed by atoms with E-state index in [9.17, 15) is 4.79 Å². The van der Waals surface area contributed by atoms with Gasteiger partial charge in [0.25, 0.3) is 0 Å². The van der Waals surface area contributed by atoms with E-state index < -0.39 is 0 Å². The lowest BCUT2D eigenvalue weighted by Crippen LogP contribution is -2.14. The van der Waals surface area contributed by atoms with Crippen molar-refractivity contribution < 1.29 is 9.53 Å². The minimum atomic E-state index is -0.377. The fourth-order valence-electron chi connectivity index (χ4n) is 1.17. The smallest absolute Gasteiger partial charge is 0.411 e. The van der Waals surface area contributed by atoms with E-state index in [2.05, 4.69) is 12.2 Å². The second kappa shape index (κ2) is 6.06. The quantitative estimate of drug-likeness (QED) is 0.769. The van der Waals surface area contributed by atoms with Crippen LogP contribution in [0.1, 0.15) is 25.3 Å². The fourth-order valence-corrected chi connectivity index (χ4v) is 1.17. The fraction of sp³-hybridized carbons (Fsp3) is 0.417. The Morgan fingerprint density at radius 1 is 1.40 bits per heavy atom. The monoisotopic (exact) mass is 207 g/mol. The number of amides is 1. The van der Waals surface area contributed by atoms with Gasteiger partial charge in [0.05, 0.1) is 6.61 Å². The first-order valence-electron chi connectivity index (χ1n) is 5.23. The summed E-state index contributed by atoms with van der Waals surface area (Å²) in [4.78, 5) is 11.3. The highest BCUT2D eigenvalue weighted by Gasteiger charge is 2.03. The molecule has 1 amide bonds. The molecule has 0 bridgehead atoms. The van der Waals surface area contributed by atoms with Gasteiger partial charge >= 0.3 is 6.09 Å². The molecule has 0 spiro atoms. The van der Waals surface area contributed by atoms with Gasteiger partial charge in [-0.3, -0.25) is 5.32 Å². The number of aryl methyl sites for hydroxylation is 1. The summed E-state index contributed by atoms with van der Waals surface area (Å²) >= 11 is 0. The highest BCUT2D eigenvalue weighted by atomic mass is 16.5. The third-order valence-electron chi connectivity index (χ3n) is 2.11. The van der Waals surface area contributed by atoms with Gasteiger partial charge in [-0.1, -0.05) is 31.5 Å². The van der Waals surface area contributed by atoms with Crippen molar-refractivity contribution in [1.29, 1.82) is 0 Å². The summed E-state index contributed by atoms with van der Waals surface area (Å²) in [5.41, 5.74) is 1.84. The predicted molar refractivity (Wildman–Crippen MR) is 61.1 cm³/mol. The second-order valence-electron chi connectivity index (χ2n) is 3.43. The van der Waals surface area contributed by atoms with E-state index in [1.807, 2.05) is 31.2 Å². The van der Waals surface area contributed by atoms with Crippen molar-refractivity contribution in [3.05, 3.63) is 29.8 Å². The molecule has 0 aliphatic carbocycles. The SMILES string of the molecule is CCCCOC(=O)Nc1ccccc1C. The standard InChI is InChI=1S/C12H17NO2/c1-3-4-9-15-12(14)13-11-8-6-5-7-10(11)2/h5-8H,3-4,9H2,1-2H3,(H,13,14). The molecule has 0 fully saturated rings. The highest BCUT2D eigenvalue weighted by molar-refractivity contribution is 5.85. The molecule has 15 heavy (non-hydrogen) atoms. The van der Waals surface area contributed by atoms with Crippen LogP contribution in [0.15, 0.2) is 24.3 Å². The predicted octanol–water partition coefficient (Wildman–Crippen LogP) is 3.34. The van der Waals surface area contributed by atoms with E-state index in [1.165, 1.54) is 0 Å². The summed E-state index contributed by atoms with van der Waals surface area (Å²) in [6.07, 6.45) is 1.55. The van der Waals surface area contributed by atoms with Gasteiger partial charge in [-0.05, 0) is 25.0 Å². The summed E-state index contributed by atoms with van der Waals surface area (Å²) in [5.74, 6) is 0. The normalized spacial score (nSPS) is 9.73. The van der Waals surface area contributed by atoms with Crippen molar-refractivity contribution in [2.45, 2.75) is 26.7 Å². The third kappa shape index (κ3) is 4.02. The molecule has 0 aliphatic heterocycles. The second-order valence-corrected chi connectivity index (χ2v) is 3.43. The molecule has 0 radical (unpaired) electrons. The van der Waals surface area contributed by atoms with Crippen molar-refractivity contribution in [1.82, 2.24) is 0 Å². The maximum atomic E-state index is 11.3. The molecule has 0 saturated carbocycles. The molecule has 0 aromatic heterocycles. The molecular formula is C12H17NO2. The number of benzene rings is 1. The lowest BCUT2D eigenvalue weighted by atomic mass is 10.2. The molecule has 1 rings (SSSR count). The third-order valence-corrected chi connectivity index (χ3v) is 2.11. The number of nitrogens with one attached hydrogen (secondary N) is 1. The number of para-hydroxylation sites is 1. The van der Waals surface area contributed by atoms with Crippen molar-refractivity contribution in [2.75, 3.05) is 11.9 Å². The van der Waals surface area contributed by atoms with Gasteiger partial charge in [-0.2, -0.15) is 0 Å². The Kier molecular flexibility index (Phi) is 4.68. The molecule has 3 heteroatoms. The van der Waals surface area contributed by atoms with E-state index in [0.717, 1.165) is 24.1 Å². The Hall–Kier alpha value is -1.51. The van der Waals surface area contributed by atoms with Crippen LogP contribution in [0.4, 0.5) is 10.5 Å². The first kappa shape index (κ1) is 11.6. The zero-order valence-corrected chi connectivity index (χ0v) is 9.25. The van der Waals surface area contributed by atoms with Crippen LogP contribution in [0, 0.1) is 6.92 Å². The molecule has 0 aliphatic rings. The van der Waals surface area contributed by atoms with Gasteiger partial charge in [0, 0.05) is 5.69 Å². The van der Waals surface area contributed by atoms with Crippen LogP contribution in [0.3, 0.4) is 0 Å². The number of carbonyl (C=O) groups excluding carboxylic acids is 1.